The molecule has 0 radical (unpaired) electrons. The van der Waals surface area contributed by atoms with Gasteiger partial charge in [0.2, 0.25) is 5.95 Å². The molecule has 138 valence electrons. The van der Waals surface area contributed by atoms with E-state index in [2.05, 4.69) is 20.2 Å². The lowest BCUT2D eigenvalue weighted by Crippen LogP contribution is -2.65. The Morgan fingerprint density at radius 1 is 1.16 bits per heavy atom. The summed E-state index contributed by atoms with van der Waals surface area (Å²) in [4.78, 5) is 11.2. The summed E-state index contributed by atoms with van der Waals surface area (Å²) in [5.41, 5.74) is 1.20. The second-order valence-corrected chi connectivity index (χ2v) is 7.92. The van der Waals surface area contributed by atoms with Crippen molar-refractivity contribution in [3.63, 3.8) is 0 Å². The van der Waals surface area contributed by atoms with Crippen LogP contribution in [0.25, 0.3) is 0 Å². The van der Waals surface area contributed by atoms with Crippen molar-refractivity contribution in [3.8, 4) is 0 Å². The van der Waals surface area contributed by atoms with Gasteiger partial charge in [0.05, 0.1) is 5.60 Å². The monoisotopic (exact) mass is 346 g/mol. The number of nitrogens with zero attached hydrogens (tertiary/aromatic N) is 3. The molecule has 25 heavy (non-hydrogen) atoms. The molecular weight excluding hydrogens is 316 g/mol. The molecule has 1 N–H and O–H groups in total. The molecule has 4 rings (SSSR count). The van der Waals surface area contributed by atoms with Crippen LogP contribution in [0.3, 0.4) is 0 Å². The molecule has 3 aliphatic rings. The van der Waals surface area contributed by atoms with Gasteiger partial charge in [-0.3, -0.25) is 4.90 Å². The van der Waals surface area contributed by atoms with Gasteiger partial charge < -0.3 is 14.8 Å². The van der Waals surface area contributed by atoms with Crippen molar-refractivity contribution in [1.82, 2.24) is 14.9 Å². The molecule has 3 aliphatic heterocycles. The lowest BCUT2D eigenvalue weighted by molar-refractivity contribution is -0.139. The van der Waals surface area contributed by atoms with Crippen LogP contribution < -0.4 is 5.32 Å². The molecule has 0 saturated carbocycles. The normalized spacial score (nSPS) is 26.7. The standard InChI is InChI=1S/C19H30N4O2/c1-15-10-21-18(22-11-15)20-6-2-17-5-9-25-19(17)13-23(14-19)12-16-3-7-24-8-4-16/h10-11,16-17H,2-9,12-14H2,1H3,(H,20,21,22)/t17-/m1/s1. The molecule has 6 heteroatoms. The molecule has 1 atom stereocenters. The van der Waals surface area contributed by atoms with Crippen LogP contribution in [0.15, 0.2) is 12.4 Å². The fraction of sp³-hybridized carbons (Fsp3) is 0.789. The summed E-state index contributed by atoms with van der Waals surface area (Å²) >= 11 is 0. The highest BCUT2D eigenvalue weighted by atomic mass is 16.5. The number of hydrogen-bond acceptors (Lipinski definition) is 6. The van der Waals surface area contributed by atoms with E-state index in [1.165, 1.54) is 25.8 Å². The summed E-state index contributed by atoms with van der Waals surface area (Å²) in [5.74, 6) is 2.19. The Morgan fingerprint density at radius 2 is 1.92 bits per heavy atom. The van der Waals surface area contributed by atoms with E-state index in [0.717, 1.165) is 63.3 Å². The smallest absolute Gasteiger partial charge is 0.222 e. The van der Waals surface area contributed by atoms with E-state index in [9.17, 15) is 0 Å². The van der Waals surface area contributed by atoms with Crippen molar-refractivity contribution in [2.24, 2.45) is 11.8 Å². The molecule has 3 fully saturated rings. The van der Waals surface area contributed by atoms with E-state index in [1.54, 1.807) is 0 Å². The zero-order valence-electron chi connectivity index (χ0n) is 15.2. The largest absolute Gasteiger partial charge is 0.381 e. The maximum Gasteiger partial charge on any atom is 0.222 e. The first-order chi connectivity index (χ1) is 12.2. The Bertz CT molecular complexity index is 553. The maximum atomic E-state index is 6.20. The van der Waals surface area contributed by atoms with Crippen molar-refractivity contribution >= 4 is 5.95 Å². The maximum absolute atomic E-state index is 6.20. The molecule has 0 aromatic carbocycles. The van der Waals surface area contributed by atoms with E-state index in [4.69, 9.17) is 9.47 Å². The van der Waals surface area contributed by atoms with Gasteiger partial charge in [-0.15, -0.1) is 0 Å². The van der Waals surface area contributed by atoms with Gasteiger partial charge in [-0.1, -0.05) is 0 Å². The Hall–Kier alpha value is -1.24. The van der Waals surface area contributed by atoms with Crippen LogP contribution in [0.2, 0.25) is 0 Å². The van der Waals surface area contributed by atoms with Crippen LogP contribution in [0.4, 0.5) is 5.95 Å². The van der Waals surface area contributed by atoms with Gasteiger partial charge in [0.15, 0.2) is 0 Å². The van der Waals surface area contributed by atoms with E-state index in [-0.39, 0.29) is 5.60 Å². The number of anilines is 1. The third kappa shape index (κ3) is 3.96. The number of nitrogens with one attached hydrogen (secondary N) is 1. The van der Waals surface area contributed by atoms with Crippen molar-refractivity contribution in [3.05, 3.63) is 18.0 Å². The number of aromatic nitrogens is 2. The zero-order chi connectivity index (χ0) is 17.1. The van der Waals surface area contributed by atoms with Gasteiger partial charge in [0, 0.05) is 58.4 Å². The molecule has 3 saturated heterocycles. The van der Waals surface area contributed by atoms with Crippen LogP contribution in [0.1, 0.15) is 31.2 Å². The molecule has 0 amide bonds. The molecule has 1 spiro atoms. The van der Waals surface area contributed by atoms with Crippen molar-refractivity contribution in [2.75, 3.05) is 51.3 Å². The summed E-state index contributed by atoms with van der Waals surface area (Å²) in [7, 11) is 0. The molecule has 6 nitrogen and oxygen atoms in total. The van der Waals surface area contributed by atoms with Crippen LogP contribution in [-0.2, 0) is 9.47 Å². The van der Waals surface area contributed by atoms with E-state index in [1.807, 2.05) is 19.3 Å². The molecule has 4 heterocycles. The van der Waals surface area contributed by atoms with Crippen LogP contribution in [0, 0.1) is 18.8 Å². The minimum Gasteiger partial charge on any atom is -0.381 e. The quantitative estimate of drug-likeness (QED) is 0.851. The summed E-state index contributed by atoms with van der Waals surface area (Å²) in [6.45, 7) is 9.15. The van der Waals surface area contributed by atoms with Gasteiger partial charge in [-0.25, -0.2) is 9.97 Å². The second kappa shape index (κ2) is 7.56. The Morgan fingerprint density at radius 3 is 2.68 bits per heavy atom. The van der Waals surface area contributed by atoms with Crippen LogP contribution in [-0.4, -0.2) is 66.5 Å². The third-order valence-electron chi connectivity index (χ3n) is 6.00. The first kappa shape index (κ1) is 17.2. The van der Waals surface area contributed by atoms with Gasteiger partial charge >= 0.3 is 0 Å². The predicted molar refractivity (Wildman–Crippen MR) is 96.6 cm³/mol. The van der Waals surface area contributed by atoms with Crippen molar-refractivity contribution < 1.29 is 9.47 Å². The van der Waals surface area contributed by atoms with Crippen molar-refractivity contribution in [2.45, 2.75) is 38.2 Å². The summed E-state index contributed by atoms with van der Waals surface area (Å²) < 4.78 is 11.7. The van der Waals surface area contributed by atoms with E-state index >= 15 is 0 Å². The summed E-state index contributed by atoms with van der Waals surface area (Å²) in [5, 5.41) is 3.36. The Kier molecular flexibility index (Phi) is 5.20. The number of aryl methyl sites for hydroxylation is 1. The molecule has 0 aliphatic carbocycles. The molecule has 1 aromatic rings. The number of hydrogen-bond donors (Lipinski definition) is 1. The van der Waals surface area contributed by atoms with Gasteiger partial charge in [-0.05, 0) is 50.0 Å². The van der Waals surface area contributed by atoms with Gasteiger partial charge in [-0.2, -0.15) is 0 Å². The number of rotatable bonds is 6. The average Bonchev–Trinajstić information content (AvgIpc) is 3.01. The third-order valence-corrected chi connectivity index (χ3v) is 6.00. The van der Waals surface area contributed by atoms with Gasteiger partial charge in [0.1, 0.15) is 0 Å². The molecule has 1 aromatic heterocycles. The lowest BCUT2D eigenvalue weighted by atomic mass is 9.78. The molecule has 0 unspecified atom stereocenters. The number of likely N-dealkylation sites (tertiary alicyclic amines) is 1. The summed E-state index contributed by atoms with van der Waals surface area (Å²) in [6.07, 6.45) is 8.46. The highest BCUT2D eigenvalue weighted by molar-refractivity contribution is 5.24. The molecular formula is C19H30N4O2. The minimum absolute atomic E-state index is 0.112. The first-order valence-corrected chi connectivity index (χ1v) is 9.70. The fourth-order valence-corrected chi connectivity index (χ4v) is 4.52. The van der Waals surface area contributed by atoms with Gasteiger partial charge in [0.25, 0.3) is 0 Å². The Balaban J connectivity index is 1.22. The Labute approximate surface area is 150 Å². The summed E-state index contributed by atoms with van der Waals surface area (Å²) in [6, 6.07) is 0. The first-order valence-electron chi connectivity index (χ1n) is 9.70. The topological polar surface area (TPSA) is 59.5 Å². The van der Waals surface area contributed by atoms with E-state index < -0.39 is 0 Å². The SMILES string of the molecule is Cc1cnc(NCC[C@@H]2CCOC23CN(CC2CCOCC2)C3)nc1. The van der Waals surface area contributed by atoms with Crippen LogP contribution >= 0.6 is 0 Å². The predicted octanol–water partition coefficient (Wildman–Crippen LogP) is 2.10. The average molecular weight is 346 g/mol. The highest BCUT2D eigenvalue weighted by Gasteiger charge is 2.52. The lowest BCUT2D eigenvalue weighted by Gasteiger charge is -2.51. The van der Waals surface area contributed by atoms with Crippen LogP contribution in [0.5, 0.6) is 0 Å². The second-order valence-electron chi connectivity index (χ2n) is 7.92. The minimum atomic E-state index is 0.112. The van der Waals surface area contributed by atoms with Crippen molar-refractivity contribution in [1.29, 1.82) is 0 Å². The fourth-order valence-electron chi connectivity index (χ4n) is 4.52. The zero-order valence-corrected chi connectivity index (χ0v) is 15.2. The highest BCUT2D eigenvalue weighted by Crippen LogP contribution is 2.42. The van der Waals surface area contributed by atoms with E-state index in [0.29, 0.717) is 5.92 Å². The molecule has 0 bridgehead atoms. The number of ether oxygens (including phenoxy) is 2.